The first kappa shape index (κ1) is 13.3. The molecule has 0 saturated carbocycles. The highest BCUT2D eigenvalue weighted by Gasteiger charge is 2.05. The Balaban J connectivity index is 2.14. The van der Waals surface area contributed by atoms with E-state index in [0.717, 1.165) is 17.4 Å². The van der Waals surface area contributed by atoms with Gasteiger partial charge in [0, 0.05) is 24.0 Å². The Labute approximate surface area is 113 Å². The minimum atomic E-state index is 0.433. The maximum Gasteiger partial charge on any atom is 0.215 e. The quantitative estimate of drug-likeness (QED) is 0.834. The molecule has 0 spiro atoms. The molecule has 0 atom stereocenters. The molecule has 4 nitrogen and oxygen atoms in total. The highest BCUT2D eigenvalue weighted by atomic mass is 16.5. The Hall–Kier alpha value is -2.12. The van der Waals surface area contributed by atoms with E-state index in [9.17, 15) is 0 Å². The van der Waals surface area contributed by atoms with Crippen LogP contribution in [0.15, 0.2) is 30.3 Å². The topological polar surface area (TPSA) is 57.9 Å². The van der Waals surface area contributed by atoms with Crippen molar-refractivity contribution in [3.05, 3.63) is 35.9 Å². The van der Waals surface area contributed by atoms with Gasteiger partial charge in [0.15, 0.2) is 0 Å². The zero-order valence-electron chi connectivity index (χ0n) is 11.2. The fourth-order valence-electron chi connectivity index (χ4n) is 1.82. The average molecular weight is 255 g/mol. The molecule has 0 aliphatic carbocycles. The van der Waals surface area contributed by atoms with Gasteiger partial charge < -0.3 is 10.1 Å². The molecule has 0 saturated heterocycles. The summed E-state index contributed by atoms with van der Waals surface area (Å²) in [4.78, 5) is 4.40. The second-order valence-corrected chi connectivity index (χ2v) is 4.59. The Morgan fingerprint density at radius 3 is 2.89 bits per heavy atom. The Bertz CT molecular complexity index is 602. The van der Waals surface area contributed by atoms with Crippen molar-refractivity contribution in [2.45, 2.75) is 19.9 Å². The number of nitrogens with zero attached hydrogens (tertiary/aromatic N) is 2. The van der Waals surface area contributed by atoms with E-state index >= 15 is 0 Å². The summed E-state index contributed by atoms with van der Waals surface area (Å²) in [6.07, 6.45) is 0. The zero-order valence-corrected chi connectivity index (χ0v) is 11.2. The molecule has 1 heterocycles. The summed E-state index contributed by atoms with van der Waals surface area (Å²) in [6, 6.07) is 11.9. The standard InChI is InChI=1S/C15H17N3O/c1-11(2)17-7-8-19-15-9-12(10-16)13-5-3-4-6-14(13)18-15/h3-6,9,11,17H,7-8H2,1-2H3. The second-order valence-electron chi connectivity index (χ2n) is 4.59. The van der Waals surface area contributed by atoms with Crippen LogP contribution < -0.4 is 10.1 Å². The third kappa shape index (κ3) is 3.43. The van der Waals surface area contributed by atoms with Crippen molar-refractivity contribution < 1.29 is 4.74 Å². The Morgan fingerprint density at radius 1 is 1.37 bits per heavy atom. The maximum absolute atomic E-state index is 9.16. The van der Waals surface area contributed by atoms with Gasteiger partial charge in [-0.05, 0) is 6.07 Å². The number of para-hydroxylation sites is 1. The van der Waals surface area contributed by atoms with Crippen molar-refractivity contribution in [2.24, 2.45) is 0 Å². The number of nitrogens with one attached hydrogen (secondary N) is 1. The largest absolute Gasteiger partial charge is 0.476 e. The highest BCUT2D eigenvalue weighted by Crippen LogP contribution is 2.21. The van der Waals surface area contributed by atoms with Crippen molar-refractivity contribution in [2.75, 3.05) is 13.2 Å². The predicted octanol–water partition coefficient (Wildman–Crippen LogP) is 2.48. The summed E-state index contributed by atoms with van der Waals surface area (Å²) >= 11 is 0. The molecular formula is C15H17N3O. The van der Waals surface area contributed by atoms with Crippen molar-refractivity contribution in [1.82, 2.24) is 10.3 Å². The maximum atomic E-state index is 9.16. The molecule has 2 rings (SSSR count). The van der Waals surface area contributed by atoms with E-state index < -0.39 is 0 Å². The molecule has 0 bridgehead atoms. The molecule has 1 aromatic carbocycles. The molecule has 0 fully saturated rings. The van der Waals surface area contributed by atoms with Gasteiger partial charge in [-0.25, -0.2) is 4.98 Å². The number of nitriles is 1. The average Bonchev–Trinajstić information content (AvgIpc) is 2.42. The molecule has 1 aromatic heterocycles. The van der Waals surface area contributed by atoms with E-state index in [0.29, 0.717) is 24.1 Å². The first-order valence-electron chi connectivity index (χ1n) is 6.37. The van der Waals surface area contributed by atoms with Gasteiger partial charge in [-0.1, -0.05) is 32.0 Å². The van der Waals surface area contributed by atoms with Crippen LogP contribution in [0, 0.1) is 11.3 Å². The van der Waals surface area contributed by atoms with Crippen LogP contribution in [0.2, 0.25) is 0 Å². The fourth-order valence-corrected chi connectivity index (χ4v) is 1.82. The molecule has 0 amide bonds. The Morgan fingerprint density at radius 2 is 2.16 bits per heavy atom. The summed E-state index contributed by atoms with van der Waals surface area (Å²) in [5, 5.41) is 13.3. The number of fused-ring (bicyclic) bond motifs is 1. The lowest BCUT2D eigenvalue weighted by molar-refractivity contribution is 0.299. The predicted molar refractivity (Wildman–Crippen MR) is 75.1 cm³/mol. The monoisotopic (exact) mass is 255 g/mol. The number of rotatable bonds is 5. The van der Waals surface area contributed by atoms with Crippen molar-refractivity contribution in [3.63, 3.8) is 0 Å². The van der Waals surface area contributed by atoms with E-state index in [1.807, 2.05) is 24.3 Å². The molecule has 0 unspecified atom stereocenters. The number of aromatic nitrogens is 1. The number of hydrogen-bond donors (Lipinski definition) is 1. The third-order valence-corrected chi connectivity index (χ3v) is 2.72. The van der Waals surface area contributed by atoms with Crippen molar-refractivity contribution in [1.29, 1.82) is 5.26 Å². The molecular weight excluding hydrogens is 238 g/mol. The van der Waals surface area contributed by atoms with Crippen LogP contribution in [0.1, 0.15) is 19.4 Å². The van der Waals surface area contributed by atoms with Crippen LogP contribution in [0.4, 0.5) is 0 Å². The van der Waals surface area contributed by atoms with Gasteiger partial charge in [-0.2, -0.15) is 5.26 Å². The molecule has 1 N–H and O–H groups in total. The van der Waals surface area contributed by atoms with E-state index in [-0.39, 0.29) is 0 Å². The van der Waals surface area contributed by atoms with Gasteiger partial charge in [0.2, 0.25) is 5.88 Å². The van der Waals surface area contributed by atoms with E-state index in [2.05, 4.69) is 30.2 Å². The lowest BCUT2D eigenvalue weighted by atomic mass is 10.1. The van der Waals surface area contributed by atoms with Gasteiger partial charge in [-0.15, -0.1) is 0 Å². The van der Waals surface area contributed by atoms with E-state index in [4.69, 9.17) is 10.00 Å². The highest BCUT2D eigenvalue weighted by molar-refractivity contribution is 5.85. The number of hydrogen-bond acceptors (Lipinski definition) is 4. The van der Waals surface area contributed by atoms with Gasteiger partial charge in [0.25, 0.3) is 0 Å². The van der Waals surface area contributed by atoms with Crippen LogP contribution in [-0.4, -0.2) is 24.2 Å². The first-order valence-corrected chi connectivity index (χ1v) is 6.37. The third-order valence-electron chi connectivity index (χ3n) is 2.72. The van der Waals surface area contributed by atoms with Gasteiger partial charge in [0.05, 0.1) is 11.1 Å². The minimum Gasteiger partial charge on any atom is -0.476 e. The number of ether oxygens (including phenoxy) is 1. The summed E-state index contributed by atoms with van der Waals surface area (Å²) in [5.74, 6) is 0.501. The van der Waals surface area contributed by atoms with Crippen LogP contribution >= 0.6 is 0 Å². The lowest BCUT2D eigenvalue weighted by Crippen LogP contribution is -2.27. The smallest absolute Gasteiger partial charge is 0.215 e. The molecule has 2 aromatic rings. The van der Waals surface area contributed by atoms with E-state index in [1.165, 1.54) is 0 Å². The van der Waals surface area contributed by atoms with E-state index in [1.54, 1.807) is 6.07 Å². The summed E-state index contributed by atoms with van der Waals surface area (Å²) in [7, 11) is 0. The van der Waals surface area contributed by atoms with Gasteiger partial charge >= 0.3 is 0 Å². The van der Waals surface area contributed by atoms with Crippen LogP contribution in [0.5, 0.6) is 5.88 Å². The summed E-state index contributed by atoms with van der Waals surface area (Å²) in [5.41, 5.74) is 1.38. The molecule has 19 heavy (non-hydrogen) atoms. The normalized spacial score (nSPS) is 10.6. The van der Waals surface area contributed by atoms with Crippen LogP contribution in [0.3, 0.4) is 0 Å². The first-order chi connectivity index (χ1) is 9.20. The Kier molecular flexibility index (Phi) is 4.32. The zero-order chi connectivity index (χ0) is 13.7. The minimum absolute atomic E-state index is 0.433. The van der Waals surface area contributed by atoms with Crippen LogP contribution in [-0.2, 0) is 0 Å². The number of benzene rings is 1. The van der Waals surface area contributed by atoms with Crippen molar-refractivity contribution in [3.8, 4) is 11.9 Å². The molecule has 0 radical (unpaired) electrons. The molecule has 98 valence electrons. The summed E-state index contributed by atoms with van der Waals surface area (Å²) < 4.78 is 5.58. The number of pyridine rings is 1. The van der Waals surface area contributed by atoms with Gasteiger partial charge in [0.1, 0.15) is 12.7 Å². The van der Waals surface area contributed by atoms with Gasteiger partial charge in [-0.3, -0.25) is 0 Å². The molecule has 0 aliphatic heterocycles. The van der Waals surface area contributed by atoms with Crippen molar-refractivity contribution >= 4 is 10.9 Å². The second kappa shape index (κ2) is 6.17. The lowest BCUT2D eigenvalue weighted by Gasteiger charge is -2.10. The molecule has 4 heteroatoms. The summed E-state index contributed by atoms with van der Waals surface area (Å²) in [6.45, 7) is 5.46. The molecule has 0 aliphatic rings. The van der Waals surface area contributed by atoms with Crippen LogP contribution in [0.25, 0.3) is 10.9 Å². The SMILES string of the molecule is CC(C)NCCOc1cc(C#N)c2ccccc2n1. The fraction of sp³-hybridized carbons (Fsp3) is 0.333.